The molecule has 3 atom stereocenters. The number of aliphatic hydroxyl groups is 1. The van der Waals surface area contributed by atoms with Gasteiger partial charge in [0.15, 0.2) is 0 Å². The Bertz CT molecular complexity index is 520. The van der Waals surface area contributed by atoms with Gasteiger partial charge in [0.2, 0.25) is 11.8 Å². The van der Waals surface area contributed by atoms with E-state index in [4.69, 9.17) is 9.47 Å². The summed E-state index contributed by atoms with van der Waals surface area (Å²) in [4.78, 5) is 26.7. The molecule has 1 aliphatic carbocycles. The third-order valence-corrected chi connectivity index (χ3v) is 6.35. The van der Waals surface area contributed by atoms with Crippen molar-refractivity contribution < 1.29 is 24.2 Å². The van der Waals surface area contributed by atoms with Crippen molar-refractivity contribution in [1.82, 2.24) is 15.5 Å². The predicted octanol–water partition coefficient (Wildman–Crippen LogP) is 0.430. The van der Waals surface area contributed by atoms with Crippen molar-refractivity contribution in [3.05, 3.63) is 0 Å². The summed E-state index contributed by atoms with van der Waals surface area (Å²) >= 11 is 0. The summed E-state index contributed by atoms with van der Waals surface area (Å²) in [6.07, 6.45) is 7.51. The van der Waals surface area contributed by atoms with E-state index in [0.717, 1.165) is 58.0 Å². The van der Waals surface area contributed by atoms with Crippen molar-refractivity contribution in [3.8, 4) is 0 Å². The SMILES string of the molecule is O=C(CN1CCOCC1)N[C@H]1CC[C@@H](CCNC(=O)C2CCCCC2)O[C@@H]1CO. The zero-order valence-corrected chi connectivity index (χ0v) is 17.4. The molecule has 0 spiro atoms. The van der Waals surface area contributed by atoms with Gasteiger partial charge in [0.05, 0.1) is 38.5 Å². The molecule has 0 aromatic carbocycles. The van der Waals surface area contributed by atoms with Crippen LogP contribution in [0.2, 0.25) is 0 Å². The van der Waals surface area contributed by atoms with Crippen LogP contribution in [0.3, 0.4) is 0 Å². The number of hydrogen-bond donors (Lipinski definition) is 3. The van der Waals surface area contributed by atoms with E-state index in [2.05, 4.69) is 15.5 Å². The largest absolute Gasteiger partial charge is 0.394 e. The Morgan fingerprint density at radius 1 is 1.03 bits per heavy atom. The Hall–Kier alpha value is -1.22. The number of ether oxygens (including phenoxy) is 2. The highest BCUT2D eigenvalue weighted by Crippen LogP contribution is 2.24. The van der Waals surface area contributed by atoms with E-state index in [1.165, 1.54) is 6.42 Å². The van der Waals surface area contributed by atoms with Crippen LogP contribution in [-0.2, 0) is 19.1 Å². The number of morpholine rings is 1. The minimum atomic E-state index is -0.392. The number of hydrogen-bond acceptors (Lipinski definition) is 6. The van der Waals surface area contributed by atoms with Crippen LogP contribution >= 0.6 is 0 Å². The number of amides is 2. The maximum absolute atomic E-state index is 12.3. The van der Waals surface area contributed by atoms with E-state index in [0.29, 0.717) is 26.3 Å². The predicted molar refractivity (Wildman–Crippen MR) is 108 cm³/mol. The molecule has 166 valence electrons. The molecule has 0 aromatic rings. The lowest BCUT2D eigenvalue weighted by Crippen LogP contribution is -2.53. The first kappa shape index (κ1) is 22.5. The number of carbonyl (C=O) groups excluding carboxylic acids is 2. The smallest absolute Gasteiger partial charge is 0.234 e. The van der Waals surface area contributed by atoms with E-state index < -0.39 is 6.10 Å². The summed E-state index contributed by atoms with van der Waals surface area (Å²) < 4.78 is 11.3. The first-order valence-electron chi connectivity index (χ1n) is 11.3. The normalized spacial score (nSPS) is 29.3. The van der Waals surface area contributed by atoms with E-state index in [1.807, 2.05) is 0 Å². The average Bonchev–Trinajstić information content (AvgIpc) is 2.76. The quantitative estimate of drug-likeness (QED) is 0.536. The van der Waals surface area contributed by atoms with Gasteiger partial charge in [-0.25, -0.2) is 0 Å². The minimum Gasteiger partial charge on any atom is -0.394 e. The molecule has 2 aliphatic heterocycles. The van der Waals surface area contributed by atoms with Crippen LogP contribution in [0.25, 0.3) is 0 Å². The van der Waals surface area contributed by atoms with Crippen molar-refractivity contribution in [2.45, 2.75) is 69.6 Å². The fourth-order valence-corrected chi connectivity index (χ4v) is 4.59. The number of carbonyl (C=O) groups is 2. The van der Waals surface area contributed by atoms with Crippen molar-refractivity contribution in [1.29, 1.82) is 0 Å². The molecule has 2 heterocycles. The number of rotatable bonds is 8. The van der Waals surface area contributed by atoms with Crippen molar-refractivity contribution in [2.24, 2.45) is 5.92 Å². The second-order valence-electron chi connectivity index (χ2n) is 8.53. The Morgan fingerprint density at radius 3 is 2.52 bits per heavy atom. The molecule has 3 rings (SSSR count). The molecule has 2 saturated heterocycles. The van der Waals surface area contributed by atoms with E-state index in [9.17, 15) is 14.7 Å². The highest BCUT2D eigenvalue weighted by molar-refractivity contribution is 5.79. The number of nitrogens with zero attached hydrogens (tertiary/aromatic N) is 1. The zero-order chi connectivity index (χ0) is 20.5. The minimum absolute atomic E-state index is 0.00574. The van der Waals surface area contributed by atoms with Gasteiger partial charge in [0.1, 0.15) is 6.10 Å². The standard InChI is InChI=1S/C21H37N3O5/c25-15-19-18(23-20(26)14-24-10-12-28-13-11-24)7-6-17(29-19)8-9-22-21(27)16-4-2-1-3-5-16/h16-19,25H,1-15H2,(H,22,27)(H,23,26)/t17-,18-,19+/m0/s1. The Labute approximate surface area is 173 Å². The average molecular weight is 412 g/mol. The van der Waals surface area contributed by atoms with Crippen LogP contribution in [0.4, 0.5) is 0 Å². The summed E-state index contributed by atoms with van der Waals surface area (Å²) in [5, 5.41) is 15.8. The summed E-state index contributed by atoms with van der Waals surface area (Å²) in [5.74, 6) is 0.317. The van der Waals surface area contributed by atoms with Crippen LogP contribution in [0.5, 0.6) is 0 Å². The number of aliphatic hydroxyl groups excluding tert-OH is 1. The van der Waals surface area contributed by atoms with Crippen LogP contribution in [0.15, 0.2) is 0 Å². The zero-order valence-electron chi connectivity index (χ0n) is 17.4. The highest BCUT2D eigenvalue weighted by atomic mass is 16.5. The molecule has 0 aromatic heterocycles. The van der Waals surface area contributed by atoms with Crippen molar-refractivity contribution >= 4 is 11.8 Å². The summed E-state index contributed by atoms with van der Waals surface area (Å²) in [7, 11) is 0. The van der Waals surface area contributed by atoms with Crippen LogP contribution in [-0.4, -0.2) is 86.1 Å². The maximum Gasteiger partial charge on any atom is 0.234 e. The van der Waals surface area contributed by atoms with Gasteiger partial charge in [-0.3, -0.25) is 14.5 Å². The van der Waals surface area contributed by atoms with Gasteiger partial charge in [0, 0.05) is 25.6 Å². The first-order valence-corrected chi connectivity index (χ1v) is 11.3. The second kappa shape index (κ2) is 11.8. The summed E-state index contributed by atoms with van der Waals surface area (Å²) in [5.41, 5.74) is 0. The first-order chi connectivity index (χ1) is 14.2. The molecule has 2 amide bonds. The molecule has 3 aliphatic rings. The van der Waals surface area contributed by atoms with Crippen LogP contribution < -0.4 is 10.6 Å². The van der Waals surface area contributed by atoms with E-state index in [1.54, 1.807) is 0 Å². The van der Waals surface area contributed by atoms with Gasteiger partial charge in [-0.2, -0.15) is 0 Å². The molecule has 3 N–H and O–H groups in total. The fraction of sp³-hybridized carbons (Fsp3) is 0.905. The maximum atomic E-state index is 12.3. The monoisotopic (exact) mass is 411 g/mol. The fourth-order valence-electron chi connectivity index (χ4n) is 4.59. The molecule has 0 bridgehead atoms. The van der Waals surface area contributed by atoms with Gasteiger partial charge in [-0.15, -0.1) is 0 Å². The molecule has 8 heteroatoms. The van der Waals surface area contributed by atoms with Gasteiger partial charge in [0.25, 0.3) is 0 Å². The summed E-state index contributed by atoms with van der Waals surface area (Å²) in [6.45, 7) is 3.71. The third kappa shape index (κ3) is 7.20. The molecule has 0 radical (unpaired) electrons. The molecular weight excluding hydrogens is 374 g/mol. The Morgan fingerprint density at radius 2 is 1.79 bits per heavy atom. The second-order valence-corrected chi connectivity index (χ2v) is 8.53. The lowest BCUT2D eigenvalue weighted by molar-refractivity contribution is -0.131. The van der Waals surface area contributed by atoms with Gasteiger partial charge >= 0.3 is 0 Å². The van der Waals surface area contributed by atoms with E-state index >= 15 is 0 Å². The summed E-state index contributed by atoms with van der Waals surface area (Å²) in [6, 6.07) is -0.165. The van der Waals surface area contributed by atoms with Gasteiger partial charge in [-0.05, 0) is 32.1 Å². The molecule has 8 nitrogen and oxygen atoms in total. The molecule has 29 heavy (non-hydrogen) atoms. The van der Waals surface area contributed by atoms with Crippen LogP contribution in [0.1, 0.15) is 51.4 Å². The number of nitrogens with one attached hydrogen (secondary N) is 2. The molecule has 3 fully saturated rings. The molecule has 0 unspecified atom stereocenters. The van der Waals surface area contributed by atoms with Crippen molar-refractivity contribution in [2.75, 3.05) is 46.0 Å². The van der Waals surface area contributed by atoms with Gasteiger partial charge in [-0.1, -0.05) is 19.3 Å². The molecule has 1 saturated carbocycles. The van der Waals surface area contributed by atoms with Gasteiger partial charge < -0.3 is 25.2 Å². The lowest BCUT2D eigenvalue weighted by Gasteiger charge is -2.37. The molecular formula is C21H37N3O5. The topological polar surface area (TPSA) is 100 Å². The highest BCUT2D eigenvalue weighted by Gasteiger charge is 2.32. The van der Waals surface area contributed by atoms with Crippen LogP contribution in [0, 0.1) is 5.92 Å². The van der Waals surface area contributed by atoms with Crippen molar-refractivity contribution in [3.63, 3.8) is 0 Å². The third-order valence-electron chi connectivity index (χ3n) is 6.35. The Kier molecular flexibility index (Phi) is 9.17. The Balaban J connectivity index is 1.35. The van der Waals surface area contributed by atoms with E-state index in [-0.39, 0.29) is 36.5 Å². The lowest BCUT2D eigenvalue weighted by atomic mass is 9.88.